The highest BCUT2D eigenvalue weighted by molar-refractivity contribution is 8.18. The van der Waals surface area contributed by atoms with Crippen LogP contribution in [-0.4, -0.2) is 33.7 Å². The third-order valence-electron chi connectivity index (χ3n) is 3.72. The molecule has 0 aromatic heterocycles. The van der Waals surface area contributed by atoms with Crippen LogP contribution in [0.1, 0.15) is 11.1 Å². The number of carboxylic acid groups (broad SMARTS) is 1. The van der Waals surface area contributed by atoms with E-state index in [0.29, 0.717) is 5.56 Å². The van der Waals surface area contributed by atoms with Crippen molar-refractivity contribution in [3.63, 3.8) is 0 Å². The summed E-state index contributed by atoms with van der Waals surface area (Å²) >= 11 is 0.739. The minimum atomic E-state index is -1.13. The Morgan fingerprint density at radius 1 is 1.15 bits per heavy atom. The number of hydrogen-bond acceptors (Lipinski definition) is 5. The highest BCUT2D eigenvalue weighted by Gasteiger charge is 2.35. The Balaban J connectivity index is 1.83. The van der Waals surface area contributed by atoms with Crippen molar-refractivity contribution in [3.05, 3.63) is 70.4 Å². The Morgan fingerprint density at radius 3 is 2.59 bits per heavy atom. The summed E-state index contributed by atoms with van der Waals surface area (Å²) in [7, 11) is 0. The van der Waals surface area contributed by atoms with E-state index in [4.69, 9.17) is 9.84 Å². The molecule has 138 valence electrons. The monoisotopic (exact) mass is 387 g/mol. The number of thioether (sulfide) groups is 1. The van der Waals surface area contributed by atoms with E-state index >= 15 is 0 Å². The van der Waals surface area contributed by atoms with Gasteiger partial charge in [0.1, 0.15) is 11.6 Å². The van der Waals surface area contributed by atoms with E-state index < -0.39 is 29.5 Å². The fourth-order valence-electron chi connectivity index (χ4n) is 2.45. The van der Waals surface area contributed by atoms with Crippen molar-refractivity contribution in [1.29, 1.82) is 0 Å². The maximum absolute atomic E-state index is 13.8. The third kappa shape index (κ3) is 4.35. The lowest BCUT2D eigenvalue weighted by Crippen LogP contribution is -2.27. The van der Waals surface area contributed by atoms with Crippen molar-refractivity contribution in [1.82, 2.24) is 4.90 Å². The quantitative estimate of drug-likeness (QED) is 0.764. The van der Waals surface area contributed by atoms with Crippen LogP contribution in [0.25, 0.3) is 6.08 Å². The van der Waals surface area contributed by atoms with Crippen molar-refractivity contribution in [2.24, 2.45) is 0 Å². The fraction of sp³-hybridized carbons (Fsp3) is 0.105. The van der Waals surface area contributed by atoms with Crippen LogP contribution >= 0.6 is 11.8 Å². The van der Waals surface area contributed by atoms with Crippen molar-refractivity contribution < 1.29 is 28.6 Å². The Bertz CT molecular complexity index is 943. The van der Waals surface area contributed by atoms with Crippen LogP contribution in [0.5, 0.6) is 5.75 Å². The zero-order chi connectivity index (χ0) is 19.4. The zero-order valence-electron chi connectivity index (χ0n) is 13.9. The van der Waals surface area contributed by atoms with Crippen LogP contribution in [0.15, 0.2) is 53.4 Å². The minimum Gasteiger partial charge on any atom is -0.481 e. The first-order chi connectivity index (χ1) is 13.0. The molecule has 1 fully saturated rings. The van der Waals surface area contributed by atoms with Gasteiger partial charge in [-0.3, -0.25) is 14.5 Å². The van der Waals surface area contributed by atoms with Gasteiger partial charge in [-0.2, -0.15) is 0 Å². The molecule has 0 radical (unpaired) electrons. The summed E-state index contributed by atoms with van der Waals surface area (Å²) in [6, 6.07) is 12.5. The fourth-order valence-corrected chi connectivity index (χ4v) is 3.27. The van der Waals surface area contributed by atoms with Gasteiger partial charge in [0, 0.05) is 11.1 Å². The SMILES string of the molecule is O=C(O)COc1ccccc1/C=C1\SC(=O)N(Cc2ccccc2F)C1=O. The Hall–Kier alpha value is -3.13. The van der Waals surface area contributed by atoms with E-state index in [0.717, 1.165) is 16.7 Å². The van der Waals surface area contributed by atoms with Gasteiger partial charge in [0.15, 0.2) is 6.61 Å². The molecule has 6 nitrogen and oxygen atoms in total. The summed E-state index contributed by atoms with van der Waals surface area (Å²) in [6.45, 7) is -0.689. The highest BCUT2D eigenvalue weighted by atomic mass is 32.2. The second kappa shape index (κ2) is 8.05. The van der Waals surface area contributed by atoms with Gasteiger partial charge in [-0.15, -0.1) is 0 Å². The molecule has 1 aliphatic rings. The van der Waals surface area contributed by atoms with Crippen LogP contribution in [0, 0.1) is 5.82 Å². The molecule has 8 heteroatoms. The average molecular weight is 387 g/mol. The zero-order valence-corrected chi connectivity index (χ0v) is 14.7. The van der Waals surface area contributed by atoms with Crippen molar-refractivity contribution in [3.8, 4) is 5.75 Å². The van der Waals surface area contributed by atoms with Gasteiger partial charge < -0.3 is 9.84 Å². The van der Waals surface area contributed by atoms with Gasteiger partial charge in [-0.25, -0.2) is 9.18 Å². The van der Waals surface area contributed by atoms with Crippen LogP contribution < -0.4 is 4.74 Å². The van der Waals surface area contributed by atoms with Gasteiger partial charge in [0.25, 0.3) is 11.1 Å². The number of halogens is 1. The number of aliphatic carboxylic acids is 1. The molecule has 27 heavy (non-hydrogen) atoms. The van der Waals surface area contributed by atoms with Crippen molar-refractivity contribution in [2.45, 2.75) is 6.54 Å². The second-order valence-electron chi connectivity index (χ2n) is 5.58. The molecule has 0 spiro atoms. The first kappa shape index (κ1) is 18.7. The molecule has 3 rings (SSSR count). The summed E-state index contributed by atoms with van der Waals surface area (Å²) in [4.78, 5) is 36.6. The van der Waals surface area contributed by atoms with E-state index in [2.05, 4.69) is 0 Å². The minimum absolute atomic E-state index is 0.155. The number of para-hydroxylation sites is 1. The van der Waals surface area contributed by atoms with Crippen LogP contribution in [-0.2, 0) is 16.1 Å². The number of carbonyl (C=O) groups excluding carboxylic acids is 2. The van der Waals surface area contributed by atoms with Gasteiger partial charge >= 0.3 is 5.97 Å². The lowest BCUT2D eigenvalue weighted by Gasteiger charge is -2.13. The highest BCUT2D eigenvalue weighted by Crippen LogP contribution is 2.35. The standard InChI is InChI=1S/C19H14FNO5S/c20-14-7-3-1-6-13(14)10-21-18(24)16(27-19(21)25)9-12-5-2-4-8-15(12)26-11-17(22)23/h1-9H,10-11H2,(H,22,23)/b16-9-. The predicted octanol–water partition coefficient (Wildman–Crippen LogP) is 3.53. The number of imide groups is 1. The topological polar surface area (TPSA) is 83.9 Å². The molecule has 2 aromatic carbocycles. The van der Waals surface area contributed by atoms with Gasteiger partial charge in [-0.05, 0) is 30.0 Å². The summed E-state index contributed by atoms with van der Waals surface area (Å²) in [5.74, 6) is -1.88. The van der Waals surface area contributed by atoms with Crippen molar-refractivity contribution in [2.75, 3.05) is 6.61 Å². The van der Waals surface area contributed by atoms with E-state index in [9.17, 15) is 18.8 Å². The van der Waals surface area contributed by atoms with E-state index in [-0.39, 0.29) is 22.8 Å². The van der Waals surface area contributed by atoms with Crippen LogP contribution in [0.2, 0.25) is 0 Å². The summed E-state index contributed by atoms with van der Waals surface area (Å²) < 4.78 is 19.0. The average Bonchev–Trinajstić information content (AvgIpc) is 2.90. The van der Waals surface area contributed by atoms with Crippen LogP contribution in [0.3, 0.4) is 0 Å². The summed E-state index contributed by atoms with van der Waals surface area (Å²) in [6.07, 6.45) is 1.46. The predicted molar refractivity (Wildman–Crippen MR) is 97.5 cm³/mol. The molecule has 2 aromatic rings. The Kier molecular flexibility index (Phi) is 5.56. The first-order valence-electron chi connectivity index (χ1n) is 7.88. The van der Waals surface area contributed by atoms with Gasteiger partial charge in [-0.1, -0.05) is 36.4 Å². The number of carboxylic acids is 1. The molecule has 1 saturated heterocycles. The molecular weight excluding hydrogens is 373 g/mol. The smallest absolute Gasteiger partial charge is 0.341 e. The molecule has 0 saturated carbocycles. The summed E-state index contributed by atoms with van der Waals surface area (Å²) in [5.41, 5.74) is 0.710. The maximum Gasteiger partial charge on any atom is 0.341 e. The molecule has 2 amide bonds. The molecule has 0 aliphatic carbocycles. The number of carbonyl (C=O) groups is 3. The Labute approximate surface area is 158 Å². The van der Waals surface area contributed by atoms with E-state index in [1.54, 1.807) is 30.3 Å². The van der Waals surface area contributed by atoms with Gasteiger partial charge in [0.2, 0.25) is 0 Å². The molecule has 1 heterocycles. The number of rotatable bonds is 6. The second-order valence-corrected chi connectivity index (χ2v) is 6.57. The number of nitrogens with zero attached hydrogens (tertiary/aromatic N) is 1. The first-order valence-corrected chi connectivity index (χ1v) is 8.70. The van der Waals surface area contributed by atoms with E-state index in [1.165, 1.54) is 24.3 Å². The largest absolute Gasteiger partial charge is 0.481 e. The normalized spacial score (nSPS) is 15.4. The van der Waals surface area contributed by atoms with Gasteiger partial charge in [0.05, 0.1) is 11.4 Å². The lowest BCUT2D eigenvalue weighted by atomic mass is 10.1. The maximum atomic E-state index is 13.8. The Morgan fingerprint density at radius 2 is 1.85 bits per heavy atom. The molecule has 0 bridgehead atoms. The number of ether oxygens (including phenoxy) is 1. The lowest BCUT2D eigenvalue weighted by molar-refractivity contribution is -0.139. The molecule has 0 atom stereocenters. The number of benzene rings is 2. The summed E-state index contributed by atoms with van der Waals surface area (Å²) in [5, 5.41) is 8.24. The third-order valence-corrected chi connectivity index (χ3v) is 4.62. The van der Waals surface area contributed by atoms with E-state index in [1.807, 2.05) is 0 Å². The van der Waals surface area contributed by atoms with Crippen LogP contribution in [0.4, 0.5) is 9.18 Å². The molecular formula is C19H14FNO5S. The molecule has 1 aliphatic heterocycles. The molecule has 1 N–H and O–H groups in total. The molecule has 0 unspecified atom stereocenters. The number of amides is 2. The number of hydrogen-bond donors (Lipinski definition) is 1. The van der Waals surface area contributed by atoms with Crippen molar-refractivity contribution >= 4 is 35.0 Å².